The second-order valence-electron chi connectivity index (χ2n) is 5.15. The highest BCUT2D eigenvalue weighted by molar-refractivity contribution is 14.0. The molecule has 1 saturated heterocycles. The molecule has 1 aliphatic rings. The fourth-order valence-electron chi connectivity index (χ4n) is 2.19. The molecule has 0 aromatic heterocycles. The van der Waals surface area contributed by atoms with Crippen LogP contribution in [-0.2, 0) is 6.54 Å². The molecule has 2 rings (SSSR count). The van der Waals surface area contributed by atoms with Crippen LogP contribution in [0, 0.1) is 17.2 Å². The Kier molecular flexibility index (Phi) is 6.79. The summed E-state index contributed by atoms with van der Waals surface area (Å²) in [5.74, 6) is 1.43. The van der Waals surface area contributed by atoms with Crippen molar-refractivity contribution in [1.82, 2.24) is 4.90 Å². The molecule has 2 N–H and O–H groups in total. The van der Waals surface area contributed by atoms with E-state index in [2.05, 4.69) is 22.9 Å². The Bertz CT molecular complexity index is 482. The van der Waals surface area contributed by atoms with Gasteiger partial charge in [-0.15, -0.1) is 24.0 Å². The van der Waals surface area contributed by atoms with Crippen molar-refractivity contribution in [2.24, 2.45) is 16.6 Å². The lowest BCUT2D eigenvalue weighted by molar-refractivity contribution is 0.277. The molecule has 5 heteroatoms. The van der Waals surface area contributed by atoms with Crippen LogP contribution in [0.25, 0.3) is 0 Å². The van der Waals surface area contributed by atoms with Crippen LogP contribution in [0.5, 0.6) is 0 Å². The summed E-state index contributed by atoms with van der Waals surface area (Å²) in [6.07, 6.45) is 2.38. The minimum atomic E-state index is 0. The SMILES string of the molecule is CC1CCN(C(N)=NCc2ccc(C#N)cc2)CC1.I. The Morgan fingerprint density at radius 3 is 2.50 bits per heavy atom. The number of likely N-dealkylation sites (tertiary alicyclic amines) is 1. The van der Waals surface area contributed by atoms with Gasteiger partial charge >= 0.3 is 0 Å². The highest BCUT2D eigenvalue weighted by Gasteiger charge is 2.16. The first kappa shape index (κ1) is 16.8. The maximum Gasteiger partial charge on any atom is 0.191 e. The Balaban J connectivity index is 0.00000200. The smallest absolute Gasteiger partial charge is 0.191 e. The Morgan fingerprint density at radius 2 is 1.95 bits per heavy atom. The van der Waals surface area contributed by atoms with E-state index in [0.29, 0.717) is 18.1 Å². The quantitative estimate of drug-likeness (QED) is 0.485. The lowest BCUT2D eigenvalue weighted by Crippen LogP contribution is -2.42. The number of guanidine groups is 1. The fourth-order valence-corrected chi connectivity index (χ4v) is 2.19. The number of hydrogen-bond donors (Lipinski definition) is 1. The maximum absolute atomic E-state index is 8.73. The molecule has 108 valence electrons. The number of aliphatic imine (C=N–C) groups is 1. The molecule has 20 heavy (non-hydrogen) atoms. The fraction of sp³-hybridized carbons (Fsp3) is 0.467. The van der Waals surface area contributed by atoms with Crippen LogP contribution in [0.2, 0.25) is 0 Å². The number of hydrogen-bond acceptors (Lipinski definition) is 2. The van der Waals surface area contributed by atoms with Gasteiger partial charge in [0, 0.05) is 13.1 Å². The molecule has 0 bridgehead atoms. The lowest BCUT2D eigenvalue weighted by Gasteiger charge is -2.31. The molecule has 0 atom stereocenters. The molecule has 1 heterocycles. The number of benzene rings is 1. The number of halogens is 1. The Labute approximate surface area is 137 Å². The molecule has 0 aliphatic carbocycles. The minimum Gasteiger partial charge on any atom is -0.370 e. The van der Waals surface area contributed by atoms with Crippen molar-refractivity contribution in [2.75, 3.05) is 13.1 Å². The van der Waals surface area contributed by atoms with Crippen LogP contribution >= 0.6 is 24.0 Å². The zero-order chi connectivity index (χ0) is 13.7. The van der Waals surface area contributed by atoms with Gasteiger partial charge in [-0.05, 0) is 36.5 Å². The van der Waals surface area contributed by atoms with Crippen LogP contribution in [0.15, 0.2) is 29.3 Å². The van der Waals surface area contributed by atoms with Crippen molar-refractivity contribution in [3.05, 3.63) is 35.4 Å². The molecule has 0 radical (unpaired) electrons. The molecule has 1 aliphatic heterocycles. The third kappa shape index (κ3) is 4.67. The van der Waals surface area contributed by atoms with E-state index in [-0.39, 0.29) is 24.0 Å². The van der Waals surface area contributed by atoms with Gasteiger partial charge in [-0.1, -0.05) is 19.1 Å². The first-order chi connectivity index (χ1) is 9.19. The lowest BCUT2D eigenvalue weighted by atomic mass is 10.00. The summed E-state index contributed by atoms with van der Waals surface area (Å²) in [5.41, 5.74) is 7.77. The van der Waals surface area contributed by atoms with E-state index in [1.165, 1.54) is 12.8 Å². The highest BCUT2D eigenvalue weighted by Crippen LogP contribution is 2.15. The summed E-state index contributed by atoms with van der Waals surface area (Å²) in [5, 5.41) is 8.73. The molecule has 0 spiro atoms. The molecule has 0 amide bonds. The van der Waals surface area contributed by atoms with Gasteiger partial charge in [-0.25, -0.2) is 4.99 Å². The van der Waals surface area contributed by atoms with Gasteiger partial charge < -0.3 is 10.6 Å². The van der Waals surface area contributed by atoms with Gasteiger partial charge in [0.05, 0.1) is 18.2 Å². The summed E-state index contributed by atoms with van der Waals surface area (Å²) >= 11 is 0. The van der Waals surface area contributed by atoms with Crippen LogP contribution in [0.1, 0.15) is 30.9 Å². The Morgan fingerprint density at radius 1 is 1.35 bits per heavy atom. The number of nitriles is 1. The molecular formula is C15H21IN4. The van der Waals surface area contributed by atoms with Crippen LogP contribution in [-0.4, -0.2) is 23.9 Å². The third-order valence-electron chi connectivity index (χ3n) is 3.61. The number of nitrogens with zero attached hydrogens (tertiary/aromatic N) is 3. The average Bonchev–Trinajstić information content (AvgIpc) is 2.46. The molecule has 0 unspecified atom stereocenters. The van der Waals surface area contributed by atoms with Crippen molar-refractivity contribution in [3.63, 3.8) is 0 Å². The highest BCUT2D eigenvalue weighted by atomic mass is 127. The minimum absolute atomic E-state index is 0. The largest absolute Gasteiger partial charge is 0.370 e. The molecule has 1 aromatic rings. The van der Waals surface area contributed by atoms with E-state index >= 15 is 0 Å². The van der Waals surface area contributed by atoms with E-state index in [9.17, 15) is 0 Å². The predicted octanol–water partition coefficient (Wildman–Crippen LogP) is 2.72. The van der Waals surface area contributed by atoms with Crippen molar-refractivity contribution in [3.8, 4) is 6.07 Å². The van der Waals surface area contributed by atoms with Crippen molar-refractivity contribution >= 4 is 29.9 Å². The summed E-state index contributed by atoms with van der Waals surface area (Å²) in [4.78, 5) is 6.59. The molecule has 1 fully saturated rings. The van der Waals surface area contributed by atoms with Crippen molar-refractivity contribution in [2.45, 2.75) is 26.3 Å². The van der Waals surface area contributed by atoms with Gasteiger partial charge in [0.2, 0.25) is 0 Å². The predicted molar refractivity (Wildman–Crippen MR) is 91.9 cm³/mol. The average molecular weight is 384 g/mol. The van der Waals surface area contributed by atoms with Gasteiger partial charge in [0.25, 0.3) is 0 Å². The first-order valence-corrected chi connectivity index (χ1v) is 6.73. The number of piperidine rings is 1. The molecular weight excluding hydrogens is 363 g/mol. The monoisotopic (exact) mass is 384 g/mol. The van der Waals surface area contributed by atoms with E-state index < -0.39 is 0 Å². The molecule has 4 nitrogen and oxygen atoms in total. The van der Waals surface area contributed by atoms with Gasteiger partial charge in [-0.2, -0.15) is 5.26 Å². The zero-order valence-electron chi connectivity index (χ0n) is 11.7. The summed E-state index contributed by atoms with van der Waals surface area (Å²) < 4.78 is 0. The van der Waals surface area contributed by atoms with E-state index in [1.54, 1.807) is 0 Å². The van der Waals surface area contributed by atoms with E-state index in [0.717, 1.165) is 24.6 Å². The van der Waals surface area contributed by atoms with Crippen LogP contribution < -0.4 is 5.73 Å². The Hall–Kier alpha value is -1.29. The molecule has 0 saturated carbocycles. The first-order valence-electron chi connectivity index (χ1n) is 6.73. The summed E-state index contributed by atoms with van der Waals surface area (Å²) in [6, 6.07) is 9.57. The van der Waals surface area contributed by atoms with E-state index in [4.69, 9.17) is 11.0 Å². The van der Waals surface area contributed by atoms with Gasteiger partial charge in [0.15, 0.2) is 5.96 Å². The van der Waals surface area contributed by atoms with Crippen LogP contribution in [0.4, 0.5) is 0 Å². The van der Waals surface area contributed by atoms with Crippen molar-refractivity contribution < 1.29 is 0 Å². The van der Waals surface area contributed by atoms with E-state index in [1.807, 2.05) is 24.3 Å². The van der Waals surface area contributed by atoms with Crippen LogP contribution in [0.3, 0.4) is 0 Å². The van der Waals surface area contributed by atoms with Gasteiger partial charge in [-0.3, -0.25) is 0 Å². The maximum atomic E-state index is 8.73. The second-order valence-corrected chi connectivity index (χ2v) is 5.15. The second kappa shape index (κ2) is 8.10. The zero-order valence-corrected chi connectivity index (χ0v) is 14.1. The normalized spacial score (nSPS) is 16.4. The topological polar surface area (TPSA) is 65.4 Å². The standard InChI is InChI=1S/C15H20N4.HI/c1-12-6-8-19(9-7-12)15(17)18-11-14-4-2-13(10-16)3-5-14;/h2-5,12H,6-9,11H2,1H3,(H2,17,18);1H. The third-order valence-corrected chi connectivity index (χ3v) is 3.61. The van der Waals surface area contributed by atoms with Gasteiger partial charge in [0.1, 0.15) is 0 Å². The summed E-state index contributed by atoms with van der Waals surface area (Å²) in [6.45, 7) is 4.86. The summed E-state index contributed by atoms with van der Waals surface area (Å²) in [7, 11) is 0. The number of nitrogens with two attached hydrogens (primary N) is 1. The number of rotatable bonds is 2. The molecule has 1 aromatic carbocycles. The van der Waals surface area contributed by atoms with Crippen molar-refractivity contribution in [1.29, 1.82) is 5.26 Å².